The maximum Gasteiger partial charge on any atom is -0.0111 e. The van der Waals surface area contributed by atoms with Crippen molar-refractivity contribution in [3.63, 3.8) is 0 Å². The molecule has 2 aliphatic carbocycles. The molecule has 3 rings (SSSR count). The van der Waals surface area contributed by atoms with Crippen molar-refractivity contribution < 1.29 is 0 Å². The van der Waals surface area contributed by atoms with E-state index in [2.05, 4.69) is 62.9 Å². The molecule has 0 aromatic heterocycles. The van der Waals surface area contributed by atoms with Gasteiger partial charge in [-0.1, -0.05) is 68.5 Å². The van der Waals surface area contributed by atoms with Crippen molar-refractivity contribution in [1.82, 2.24) is 0 Å². The van der Waals surface area contributed by atoms with Crippen molar-refractivity contribution in [2.75, 3.05) is 0 Å². The molecular weight excluding hydrogens is 216 g/mol. The first-order valence-electron chi connectivity index (χ1n) is 7.01. The van der Waals surface area contributed by atoms with Crippen LogP contribution in [-0.4, -0.2) is 0 Å². The Balaban J connectivity index is 1.77. The van der Waals surface area contributed by atoms with Crippen LogP contribution in [0.2, 0.25) is 0 Å². The summed E-state index contributed by atoms with van der Waals surface area (Å²) >= 11 is 0. The molecule has 0 N–H and O–H groups in total. The molecule has 2 bridgehead atoms. The molecule has 1 aromatic carbocycles. The molecule has 2 aliphatic rings. The largest absolute Gasteiger partial charge is 0.0990 e. The highest BCUT2D eigenvalue weighted by molar-refractivity contribution is 5.49. The SMILES string of the molecule is C=C1C2CC(/C=C/c3ccccc3)C(C2)C1(C)C. The Morgan fingerprint density at radius 2 is 1.89 bits per heavy atom. The van der Waals surface area contributed by atoms with Crippen LogP contribution in [-0.2, 0) is 0 Å². The fourth-order valence-corrected chi connectivity index (χ4v) is 3.96. The fraction of sp³-hybridized carbons (Fsp3) is 0.444. The second-order valence-corrected chi connectivity index (χ2v) is 6.46. The summed E-state index contributed by atoms with van der Waals surface area (Å²) in [6.45, 7) is 9.07. The van der Waals surface area contributed by atoms with Crippen LogP contribution < -0.4 is 0 Å². The topological polar surface area (TPSA) is 0 Å². The molecule has 0 aliphatic heterocycles. The average Bonchev–Trinajstić information content (AvgIpc) is 2.88. The summed E-state index contributed by atoms with van der Waals surface area (Å²) in [5, 5.41) is 0. The lowest BCUT2D eigenvalue weighted by molar-refractivity contribution is 0.240. The molecule has 2 saturated carbocycles. The summed E-state index contributed by atoms with van der Waals surface area (Å²) in [6.07, 6.45) is 7.41. The lowest BCUT2D eigenvalue weighted by Crippen LogP contribution is -2.28. The van der Waals surface area contributed by atoms with Gasteiger partial charge in [0, 0.05) is 0 Å². The van der Waals surface area contributed by atoms with E-state index in [0.29, 0.717) is 5.41 Å². The third-order valence-corrected chi connectivity index (χ3v) is 5.19. The van der Waals surface area contributed by atoms with E-state index in [1.807, 2.05) is 0 Å². The van der Waals surface area contributed by atoms with Crippen molar-refractivity contribution in [1.29, 1.82) is 0 Å². The molecule has 0 amide bonds. The summed E-state index contributed by atoms with van der Waals surface area (Å²) in [5.41, 5.74) is 3.16. The predicted octanol–water partition coefficient (Wildman–Crippen LogP) is 4.94. The maximum absolute atomic E-state index is 4.32. The van der Waals surface area contributed by atoms with Crippen molar-refractivity contribution in [3.8, 4) is 0 Å². The molecule has 0 heterocycles. The first-order chi connectivity index (χ1) is 8.59. The fourth-order valence-electron chi connectivity index (χ4n) is 3.96. The van der Waals surface area contributed by atoms with Gasteiger partial charge >= 0.3 is 0 Å². The van der Waals surface area contributed by atoms with Crippen LogP contribution in [0.4, 0.5) is 0 Å². The van der Waals surface area contributed by atoms with Gasteiger partial charge in [-0.3, -0.25) is 0 Å². The normalized spacial score (nSPS) is 33.4. The zero-order valence-corrected chi connectivity index (χ0v) is 11.4. The zero-order valence-electron chi connectivity index (χ0n) is 11.4. The number of fused-ring (bicyclic) bond motifs is 2. The summed E-state index contributed by atoms with van der Waals surface area (Å²) in [7, 11) is 0. The van der Waals surface area contributed by atoms with E-state index in [-0.39, 0.29) is 0 Å². The molecule has 1 aromatic rings. The van der Waals surface area contributed by atoms with Gasteiger partial charge in [-0.15, -0.1) is 0 Å². The number of hydrogen-bond donors (Lipinski definition) is 0. The highest BCUT2D eigenvalue weighted by atomic mass is 14.6. The second kappa shape index (κ2) is 4.12. The van der Waals surface area contributed by atoms with Gasteiger partial charge in [0.15, 0.2) is 0 Å². The van der Waals surface area contributed by atoms with Gasteiger partial charge in [0.1, 0.15) is 0 Å². The Kier molecular flexibility index (Phi) is 2.69. The van der Waals surface area contributed by atoms with Gasteiger partial charge in [0.2, 0.25) is 0 Å². The number of allylic oxidation sites excluding steroid dienone is 2. The smallest absolute Gasteiger partial charge is 0.0111 e. The summed E-state index contributed by atoms with van der Waals surface area (Å²) in [4.78, 5) is 0. The van der Waals surface area contributed by atoms with Crippen LogP contribution in [0.3, 0.4) is 0 Å². The van der Waals surface area contributed by atoms with Crippen LogP contribution in [0.15, 0.2) is 48.6 Å². The first kappa shape index (κ1) is 11.8. The molecule has 2 fully saturated rings. The maximum atomic E-state index is 4.32. The van der Waals surface area contributed by atoms with E-state index in [1.54, 1.807) is 0 Å². The molecule has 94 valence electrons. The van der Waals surface area contributed by atoms with Gasteiger partial charge in [-0.25, -0.2) is 0 Å². The minimum Gasteiger partial charge on any atom is -0.0990 e. The quantitative estimate of drug-likeness (QED) is 0.640. The minimum atomic E-state index is 0.342. The Bertz CT molecular complexity index is 478. The van der Waals surface area contributed by atoms with E-state index in [0.717, 1.165) is 17.8 Å². The monoisotopic (exact) mass is 238 g/mol. The molecule has 3 atom stereocenters. The van der Waals surface area contributed by atoms with Gasteiger partial charge in [-0.2, -0.15) is 0 Å². The summed E-state index contributed by atoms with van der Waals surface area (Å²) in [5.74, 6) is 2.32. The van der Waals surface area contributed by atoms with Crippen molar-refractivity contribution in [3.05, 3.63) is 54.1 Å². The van der Waals surface area contributed by atoms with Gasteiger partial charge in [0.05, 0.1) is 0 Å². The van der Waals surface area contributed by atoms with Crippen LogP contribution in [0.1, 0.15) is 32.3 Å². The van der Waals surface area contributed by atoms with E-state index in [9.17, 15) is 0 Å². The van der Waals surface area contributed by atoms with Crippen LogP contribution in [0, 0.1) is 23.2 Å². The van der Waals surface area contributed by atoms with E-state index >= 15 is 0 Å². The molecule has 0 radical (unpaired) electrons. The highest BCUT2D eigenvalue weighted by Gasteiger charge is 2.52. The number of rotatable bonds is 2. The summed E-state index contributed by atoms with van der Waals surface area (Å²) in [6, 6.07) is 10.6. The van der Waals surface area contributed by atoms with Crippen molar-refractivity contribution in [2.45, 2.75) is 26.7 Å². The Morgan fingerprint density at radius 1 is 1.17 bits per heavy atom. The molecule has 0 nitrogen and oxygen atoms in total. The van der Waals surface area contributed by atoms with E-state index in [4.69, 9.17) is 0 Å². The number of benzene rings is 1. The Hall–Kier alpha value is -1.30. The van der Waals surface area contributed by atoms with Crippen molar-refractivity contribution in [2.24, 2.45) is 23.2 Å². The summed E-state index contributed by atoms with van der Waals surface area (Å²) < 4.78 is 0. The molecule has 18 heavy (non-hydrogen) atoms. The van der Waals surface area contributed by atoms with E-state index < -0.39 is 0 Å². The molecule has 0 spiro atoms. The molecule has 0 saturated heterocycles. The van der Waals surface area contributed by atoms with Crippen LogP contribution >= 0.6 is 0 Å². The second-order valence-electron chi connectivity index (χ2n) is 6.46. The third-order valence-electron chi connectivity index (χ3n) is 5.19. The van der Waals surface area contributed by atoms with E-state index in [1.165, 1.54) is 24.0 Å². The minimum absolute atomic E-state index is 0.342. The lowest BCUT2D eigenvalue weighted by Gasteiger charge is -2.36. The Labute approximate surface area is 110 Å². The molecular formula is C18H22. The standard InChI is InChI=1S/C18H22/c1-13-16-11-15(17(12-16)18(13,2)3)10-9-14-7-5-4-6-8-14/h4-10,15-17H,1,11-12H2,2-3H3/b10-9+. The molecule has 3 unspecified atom stereocenters. The first-order valence-corrected chi connectivity index (χ1v) is 7.01. The average molecular weight is 238 g/mol. The lowest BCUT2D eigenvalue weighted by atomic mass is 9.68. The van der Waals surface area contributed by atoms with Gasteiger partial charge < -0.3 is 0 Å². The highest BCUT2D eigenvalue weighted by Crippen LogP contribution is 2.61. The third kappa shape index (κ3) is 1.75. The van der Waals surface area contributed by atoms with Crippen molar-refractivity contribution >= 4 is 6.08 Å². The van der Waals surface area contributed by atoms with Gasteiger partial charge in [-0.05, 0) is 41.6 Å². The predicted molar refractivity (Wildman–Crippen MR) is 78.1 cm³/mol. The van der Waals surface area contributed by atoms with Crippen LogP contribution in [0.5, 0.6) is 0 Å². The Morgan fingerprint density at radius 3 is 2.50 bits per heavy atom. The zero-order chi connectivity index (χ0) is 12.8. The van der Waals surface area contributed by atoms with Crippen LogP contribution in [0.25, 0.3) is 6.08 Å². The van der Waals surface area contributed by atoms with Gasteiger partial charge in [0.25, 0.3) is 0 Å². The molecule has 0 heteroatoms. The number of hydrogen-bond acceptors (Lipinski definition) is 0.